The summed E-state index contributed by atoms with van der Waals surface area (Å²) < 4.78 is 42.2. The van der Waals surface area contributed by atoms with Gasteiger partial charge in [-0.2, -0.15) is 13.2 Å². The highest BCUT2D eigenvalue weighted by molar-refractivity contribution is 5.97. The van der Waals surface area contributed by atoms with Crippen molar-refractivity contribution in [1.29, 1.82) is 0 Å². The third kappa shape index (κ3) is 7.06. The topological polar surface area (TPSA) is 75.1 Å². The van der Waals surface area contributed by atoms with E-state index in [1.165, 1.54) is 18.5 Å². The molecule has 0 N–H and O–H groups in total. The van der Waals surface area contributed by atoms with Crippen molar-refractivity contribution in [2.24, 2.45) is 0 Å². The van der Waals surface area contributed by atoms with Gasteiger partial charge in [0, 0.05) is 68.2 Å². The largest absolute Gasteiger partial charge is 0.416 e. The Morgan fingerprint density at radius 1 is 1.05 bits per heavy atom. The van der Waals surface area contributed by atoms with Crippen LogP contribution in [0.5, 0.6) is 0 Å². The van der Waals surface area contributed by atoms with E-state index in [-0.39, 0.29) is 29.9 Å². The van der Waals surface area contributed by atoms with E-state index in [1.54, 1.807) is 24.7 Å². The van der Waals surface area contributed by atoms with E-state index in [0.29, 0.717) is 24.0 Å². The highest BCUT2D eigenvalue weighted by Crippen LogP contribution is 2.34. The molecule has 0 radical (unpaired) electrons. The number of halogens is 3. The van der Waals surface area contributed by atoms with Crippen LogP contribution in [0.25, 0.3) is 11.3 Å². The summed E-state index contributed by atoms with van der Waals surface area (Å²) in [5.74, 6) is 0.237. The highest BCUT2D eigenvalue weighted by atomic mass is 19.4. The molecule has 2 aromatic heterocycles. The summed E-state index contributed by atoms with van der Waals surface area (Å²) in [6.07, 6.45) is 3.29. The van der Waals surface area contributed by atoms with Gasteiger partial charge in [-0.15, -0.1) is 0 Å². The second kappa shape index (κ2) is 12.5. The number of hydrogen-bond donors (Lipinski definition) is 0. The molecule has 42 heavy (non-hydrogen) atoms. The van der Waals surface area contributed by atoms with Crippen LogP contribution in [0.1, 0.15) is 50.4 Å². The molecular formula is C32H33F3N6O. The fraction of sp³-hybridized carbons (Fsp3) is 0.344. The van der Waals surface area contributed by atoms with Crippen LogP contribution in [0.15, 0.2) is 67.4 Å². The van der Waals surface area contributed by atoms with Crippen LogP contribution in [0.4, 0.5) is 13.2 Å². The smallest absolute Gasteiger partial charge is 0.305 e. The zero-order chi connectivity index (χ0) is 29.9. The van der Waals surface area contributed by atoms with Gasteiger partial charge in [0.1, 0.15) is 12.2 Å². The minimum Gasteiger partial charge on any atom is -0.305 e. The molecule has 1 fully saturated rings. The van der Waals surface area contributed by atoms with Crippen molar-refractivity contribution >= 4 is 5.78 Å². The lowest BCUT2D eigenvalue weighted by molar-refractivity contribution is -0.138. The van der Waals surface area contributed by atoms with E-state index >= 15 is 0 Å². The van der Waals surface area contributed by atoms with Crippen molar-refractivity contribution in [2.75, 3.05) is 27.2 Å². The summed E-state index contributed by atoms with van der Waals surface area (Å²) in [7, 11) is 3.97. The van der Waals surface area contributed by atoms with Crippen LogP contribution in [0.3, 0.4) is 0 Å². The van der Waals surface area contributed by atoms with E-state index in [9.17, 15) is 18.0 Å². The molecule has 218 valence electrons. The van der Waals surface area contributed by atoms with Gasteiger partial charge >= 0.3 is 6.18 Å². The minimum atomic E-state index is -4.55. The molecule has 10 heteroatoms. The Labute approximate surface area is 243 Å². The molecule has 3 heterocycles. The maximum Gasteiger partial charge on any atom is 0.416 e. The van der Waals surface area contributed by atoms with Crippen molar-refractivity contribution in [3.63, 3.8) is 0 Å². The van der Waals surface area contributed by atoms with Gasteiger partial charge in [-0.1, -0.05) is 30.3 Å². The summed E-state index contributed by atoms with van der Waals surface area (Å²) in [5, 5.41) is 0. The normalized spacial score (nSPS) is 15.8. The van der Waals surface area contributed by atoms with Crippen LogP contribution in [-0.4, -0.2) is 68.7 Å². The number of carbonyl (C=O) groups excluding carboxylic acids is 1. The Morgan fingerprint density at radius 3 is 2.55 bits per heavy atom. The number of likely N-dealkylation sites (N-methyl/N-ethyl adjacent to an activating group) is 1. The van der Waals surface area contributed by atoms with E-state index < -0.39 is 11.7 Å². The maximum atomic E-state index is 14.1. The monoisotopic (exact) mass is 574 g/mol. The van der Waals surface area contributed by atoms with Gasteiger partial charge in [-0.3, -0.25) is 9.69 Å². The van der Waals surface area contributed by atoms with Crippen molar-refractivity contribution in [3.8, 4) is 11.3 Å². The van der Waals surface area contributed by atoms with Crippen molar-refractivity contribution in [3.05, 3.63) is 107 Å². The average molecular weight is 575 g/mol. The number of nitrogens with zero attached hydrogens (tertiary/aromatic N) is 6. The van der Waals surface area contributed by atoms with Crippen molar-refractivity contribution < 1.29 is 18.0 Å². The first-order chi connectivity index (χ1) is 20.1. The number of carbonyl (C=O) groups is 1. The molecule has 4 aromatic rings. The minimum absolute atomic E-state index is 0.0111. The Bertz CT molecular complexity index is 1560. The first kappa shape index (κ1) is 29.5. The third-order valence-electron chi connectivity index (χ3n) is 7.80. The molecule has 0 saturated carbocycles. The molecule has 1 aliphatic rings. The van der Waals surface area contributed by atoms with Gasteiger partial charge < -0.3 is 4.90 Å². The number of Topliss-reactive ketones (excluding diaryl/α,β-unsaturated/α-hetero) is 1. The number of aryl methyl sites for hydroxylation is 1. The maximum absolute atomic E-state index is 14.1. The Balaban J connectivity index is 1.32. The molecule has 7 nitrogen and oxygen atoms in total. The van der Waals surface area contributed by atoms with E-state index in [4.69, 9.17) is 0 Å². The average Bonchev–Trinajstić information content (AvgIpc) is 3.44. The Hall–Kier alpha value is -4.02. The van der Waals surface area contributed by atoms with Crippen LogP contribution in [-0.2, 0) is 25.6 Å². The van der Waals surface area contributed by atoms with Crippen LogP contribution in [0.2, 0.25) is 0 Å². The first-order valence-corrected chi connectivity index (χ1v) is 13.8. The molecule has 0 amide bonds. The number of rotatable bonds is 9. The van der Waals surface area contributed by atoms with Gasteiger partial charge in [-0.05, 0) is 61.8 Å². The van der Waals surface area contributed by atoms with Crippen LogP contribution >= 0.6 is 0 Å². The highest BCUT2D eigenvalue weighted by Gasteiger charge is 2.35. The second-order valence-corrected chi connectivity index (χ2v) is 11.0. The molecule has 1 aliphatic heterocycles. The lowest BCUT2D eigenvalue weighted by atomic mass is 9.95. The zero-order valence-electron chi connectivity index (χ0n) is 23.9. The van der Waals surface area contributed by atoms with E-state index in [0.717, 1.165) is 47.8 Å². The molecular weight excluding hydrogens is 541 g/mol. The zero-order valence-corrected chi connectivity index (χ0v) is 23.9. The number of hydrogen-bond acceptors (Lipinski definition) is 7. The van der Waals surface area contributed by atoms with Gasteiger partial charge in [0.05, 0.1) is 11.3 Å². The number of benzene rings is 2. The quantitative estimate of drug-likeness (QED) is 0.248. The SMILES string of the molecule is Cc1ccc(CC(=O)c2ccc(CN3CC[C@H](N(C)C)C3)c(C(F)(F)F)c2)cc1Cc1nccc(-c2cncnc2)n1. The first-order valence-electron chi connectivity index (χ1n) is 13.8. The summed E-state index contributed by atoms with van der Waals surface area (Å²) in [6, 6.07) is 11.8. The molecule has 0 aliphatic carbocycles. The van der Waals surface area contributed by atoms with E-state index in [2.05, 4.69) is 24.8 Å². The van der Waals surface area contributed by atoms with Crippen molar-refractivity contribution in [2.45, 2.75) is 44.9 Å². The van der Waals surface area contributed by atoms with Crippen LogP contribution in [0, 0.1) is 6.92 Å². The number of likely N-dealkylation sites (tertiary alicyclic amines) is 1. The van der Waals surface area contributed by atoms with E-state index in [1.807, 2.05) is 44.1 Å². The molecule has 0 bridgehead atoms. The molecule has 1 atom stereocenters. The van der Waals surface area contributed by atoms with Crippen molar-refractivity contribution in [1.82, 2.24) is 29.7 Å². The third-order valence-corrected chi connectivity index (χ3v) is 7.80. The predicted molar refractivity (Wildman–Crippen MR) is 154 cm³/mol. The molecule has 1 saturated heterocycles. The lowest BCUT2D eigenvalue weighted by Gasteiger charge is -2.22. The number of ketones is 1. The predicted octanol–water partition coefficient (Wildman–Crippen LogP) is 5.41. The number of alkyl halides is 3. The summed E-state index contributed by atoms with van der Waals surface area (Å²) >= 11 is 0. The standard InChI is InChI=1S/C32H33F3N6O/c1-21-4-5-22(12-25(21)15-31-38-10-8-29(39-31)26-16-36-20-37-17-26)13-30(42)23-6-7-24(28(14-23)32(33,34)35)18-41-11-9-27(19-41)40(2)3/h4-8,10,12,14,16-17,20,27H,9,11,13,15,18-19H2,1-3H3/t27-/m0/s1. The van der Waals surface area contributed by atoms with Gasteiger partial charge in [0.15, 0.2) is 5.78 Å². The summed E-state index contributed by atoms with van der Waals surface area (Å²) in [4.78, 5) is 34.5. The summed E-state index contributed by atoms with van der Waals surface area (Å²) in [6.45, 7) is 3.63. The Morgan fingerprint density at radius 2 is 1.83 bits per heavy atom. The lowest BCUT2D eigenvalue weighted by Crippen LogP contribution is -2.31. The fourth-order valence-corrected chi connectivity index (χ4v) is 5.33. The van der Waals surface area contributed by atoms with Gasteiger partial charge in [0.25, 0.3) is 0 Å². The van der Waals surface area contributed by atoms with Crippen LogP contribution < -0.4 is 0 Å². The molecule has 5 rings (SSSR count). The number of aromatic nitrogens is 4. The van der Waals surface area contributed by atoms with Gasteiger partial charge in [-0.25, -0.2) is 19.9 Å². The molecule has 2 aromatic carbocycles. The second-order valence-electron chi connectivity index (χ2n) is 11.0. The molecule has 0 unspecified atom stereocenters. The van der Waals surface area contributed by atoms with Gasteiger partial charge in [0.2, 0.25) is 0 Å². The molecule has 0 spiro atoms. The Kier molecular flexibility index (Phi) is 8.74. The fourth-order valence-electron chi connectivity index (χ4n) is 5.33. The summed E-state index contributed by atoms with van der Waals surface area (Å²) in [5.41, 5.74) is 3.66.